The molecule has 214 valence electrons. The number of fused-ring (bicyclic) bond motifs is 4. The van der Waals surface area contributed by atoms with Crippen molar-refractivity contribution in [2.45, 2.75) is 0 Å². The summed E-state index contributed by atoms with van der Waals surface area (Å²) in [7, 11) is 0. The minimum Gasteiger partial charge on any atom is -0.276 e. The lowest BCUT2D eigenvalue weighted by Gasteiger charge is -2.14. The molecule has 0 amide bonds. The summed E-state index contributed by atoms with van der Waals surface area (Å²) < 4.78 is 1.82. The molecule has 0 saturated heterocycles. The van der Waals surface area contributed by atoms with Gasteiger partial charge in [-0.25, -0.2) is 0 Å². The van der Waals surface area contributed by atoms with E-state index in [1.807, 2.05) is 71.3 Å². The van der Waals surface area contributed by atoms with Gasteiger partial charge in [0.1, 0.15) is 0 Å². The van der Waals surface area contributed by atoms with Crippen LogP contribution in [0.4, 0.5) is 0 Å². The van der Waals surface area contributed by atoms with Crippen molar-refractivity contribution in [2.75, 3.05) is 0 Å². The molecule has 0 aliphatic carbocycles. The molecule has 0 N–H and O–H groups in total. The minimum absolute atomic E-state index is 0.0197. The van der Waals surface area contributed by atoms with E-state index < -0.39 is 0 Å². The Labute approximate surface area is 261 Å². The van der Waals surface area contributed by atoms with E-state index in [0.717, 1.165) is 75.9 Å². The average Bonchev–Trinajstić information content (AvgIpc) is 3.09. The van der Waals surface area contributed by atoms with Crippen LogP contribution in [-0.4, -0.2) is 4.57 Å². The molecular formula is C43H31NO. The number of rotatable bonds is 5. The molecular weight excluding hydrogens is 546 g/mol. The Kier molecular flexibility index (Phi) is 6.96. The van der Waals surface area contributed by atoms with E-state index in [1.54, 1.807) is 12.2 Å². The second-order valence-electron chi connectivity index (χ2n) is 11.2. The molecule has 0 bridgehead atoms. The predicted molar refractivity (Wildman–Crippen MR) is 194 cm³/mol. The third-order valence-electron chi connectivity index (χ3n) is 8.63. The fourth-order valence-corrected chi connectivity index (χ4v) is 6.42. The number of benzene rings is 6. The average molecular weight is 578 g/mol. The molecule has 0 fully saturated rings. The summed E-state index contributed by atoms with van der Waals surface area (Å²) in [5, 5.41) is 8.78. The van der Waals surface area contributed by atoms with Crippen LogP contribution in [0.3, 0.4) is 0 Å². The van der Waals surface area contributed by atoms with Crippen LogP contribution in [0.2, 0.25) is 0 Å². The highest BCUT2D eigenvalue weighted by Gasteiger charge is 2.12. The molecule has 0 unspecified atom stereocenters. The monoisotopic (exact) mass is 577 g/mol. The summed E-state index contributed by atoms with van der Waals surface area (Å²) in [4.78, 5) is 13.7. The highest BCUT2D eigenvalue weighted by Crippen LogP contribution is 2.29. The lowest BCUT2D eigenvalue weighted by molar-refractivity contribution is 1.06. The fourth-order valence-electron chi connectivity index (χ4n) is 6.42. The van der Waals surface area contributed by atoms with Crippen molar-refractivity contribution in [3.8, 4) is 27.9 Å². The van der Waals surface area contributed by atoms with Crippen LogP contribution >= 0.6 is 0 Å². The van der Waals surface area contributed by atoms with E-state index in [4.69, 9.17) is 0 Å². The third kappa shape index (κ3) is 4.64. The van der Waals surface area contributed by atoms with E-state index in [0.29, 0.717) is 5.39 Å². The first-order chi connectivity index (χ1) is 22.0. The van der Waals surface area contributed by atoms with E-state index in [-0.39, 0.29) is 5.56 Å². The van der Waals surface area contributed by atoms with Crippen LogP contribution in [0.15, 0.2) is 145 Å². The molecule has 0 aliphatic heterocycles. The molecule has 2 heteroatoms. The number of hydrogen-bond donors (Lipinski definition) is 0. The molecule has 1 aromatic heterocycles. The minimum atomic E-state index is -0.0197. The number of para-hydroxylation sites is 1. The first-order valence-corrected chi connectivity index (χ1v) is 14.9. The molecule has 6 aromatic carbocycles. The fraction of sp³-hybridized carbons (Fsp3) is 0. The Morgan fingerprint density at radius 3 is 1.73 bits per heavy atom. The summed E-state index contributed by atoms with van der Waals surface area (Å²) in [5.74, 6) is 0. The van der Waals surface area contributed by atoms with E-state index in [9.17, 15) is 4.79 Å². The molecule has 0 radical (unpaired) electrons. The molecule has 2 nitrogen and oxygen atoms in total. The van der Waals surface area contributed by atoms with Crippen molar-refractivity contribution in [2.24, 2.45) is 0 Å². The van der Waals surface area contributed by atoms with Gasteiger partial charge in [-0.1, -0.05) is 129 Å². The van der Waals surface area contributed by atoms with Gasteiger partial charge in [0.15, 0.2) is 0 Å². The zero-order chi connectivity index (χ0) is 31.1. The molecule has 0 atom stereocenters. The zero-order valence-corrected chi connectivity index (χ0v) is 25.0. The van der Waals surface area contributed by atoms with Crippen LogP contribution in [0.5, 0.6) is 0 Å². The maximum atomic E-state index is 13.7. The van der Waals surface area contributed by atoms with Crippen LogP contribution in [0.1, 0.15) is 0 Å². The van der Waals surface area contributed by atoms with Gasteiger partial charge in [0.2, 0.25) is 0 Å². The van der Waals surface area contributed by atoms with E-state index in [2.05, 4.69) is 87.0 Å². The third-order valence-corrected chi connectivity index (χ3v) is 8.63. The van der Waals surface area contributed by atoms with Gasteiger partial charge in [-0.3, -0.25) is 9.36 Å². The topological polar surface area (TPSA) is 22.0 Å². The molecule has 45 heavy (non-hydrogen) atoms. The van der Waals surface area contributed by atoms with Crippen LogP contribution in [-0.2, 0) is 0 Å². The van der Waals surface area contributed by atoms with Gasteiger partial charge in [0.25, 0.3) is 5.56 Å². The highest BCUT2D eigenvalue weighted by atomic mass is 16.1. The Bertz CT molecular complexity index is 2620. The van der Waals surface area contributed by atoms with E-state index >= 15 is 0 Å². The predicted octanol–water partition coefficient (Wildman–Crippen LogP) is 7.38. The summed E-state index contributed by atoms with van der Waals surface area (Å²) in [6.07, 6.45) is 7.59. The highest BCUT2D eigenvalue weighted by molar-refractivity contribution is 6.06. The van der Waals surface area contributed by atoms with Crippen molar-refractivity contribution in [3.63, 3.8) is 0 Å². The Morgan fingerprint density at radius 2 is 1.04 bits per heavy atom. The van der Waals surface area contributed by atoms with E-state index in [1.165, 1.54) is 0 Å². The number of hydrogen-bond acceptors (Lipinski definition) is 1. The number of nitrogens with zero attached hydrogens (tertiary/aromatic N) is 1. The van der Waals surface area contributed by atoms with Gasteiger partial charge >= 0.3 is 0 Å². The Morgan fingerprint density at radius 1 is 0.489 bits per heavy atom. The number of allylic oxidation sites excluding steroid dienone is 2. The maximum absolute atomic E-state index is 13.7. The van der Waals surface area contributed by atoms with Gasteiger partial charge in [0, 0.05) is 16.5 Å². The Balaban J connectivity index is 1.33. The molecule has 1 heterocycles. The summed E-state index contributed by atoms with van der Waals surface area (Å²) in [5.41, 5.74) is 6.10. The summed E-state index contributed by atoms with van der Waals surface area (Å²) >= 11 is 0. The zero-order valence-electron chi connectivity index (χ0n) is 25.0. The Hall–Kier alpha value is -5.99. The van der Waals surface area contributed by atoms with Gasteiger partial charge in [-0.15, -0.1) is 0 Å². The van der Waals surface area contributed by atoms with Gasteiger partial charge < -0.3 is 0 Å². The smallest absolute Gasteiger partial charge is 0.263 e. The molecule has 0 saturated carbocycles. The SMILES string of the molecule is C=C/C=c1\c(=C)c(=C)/c(=C\C=C)c2cc(-c3cccc(-c4ccc(-n5c(=O)c6ccccc6c6ccccc65)cc4)c3)ccc12. The first-order valence-electron chi connectivity index (χ1n) is 14.9. The maximum Gasteiger partial charge on any atom is 0.263 e. The van der Waals surface area contributed by atoms with Crippen molar-refractivity contribution >= 4 is 57.8 Å². The molecule has 0 aliphatic rings. The van der Waals surface area contributed by atoms with Gasteiger partial charge in [-0.05, 0) is 95.7 Å². The van der Waals surface area contributed by atoms with Gasteiger partial charge in [-0.2, -0.15) is 0 Å². The quantitative estimate of drug-likeness (QED) is 0.196. The lowest BCUT2D eigenvalue weighted by atomic mass is 9.95. The standard InChI is InChI=1S/C43H31NO/c1-5-12-35-28(3)29(4)36(13-6-2)41-27-33(22-25-38(35)41)32-15-11-14-31(26-32)30-20-23-34(24-21-30)44-42-19-10-9-17-39(42)37-16-7-8-18-40(37)43(44)45/h5-27H,1-4H2/b35-12+,36-13+. The normalized spacial score (nSPS) is 12.3. The molecule has 7 rings (SSSR count). The molecule has 0 spiro atoms. The number of aromatic nitrogens is 1. The first kappa shape index (κ1) is 27.8. The van der Waals surface area contributed by atoms with Crippen molar-refractivity contribution in [1.29, 1.82) is 0 Å². The van der Waals surface area contributed by atoms with Crippen LogP contribution in [0, 0.1) is 0 Å². The second kappa shape index (κ2) is 11.3. The largest absolute Gasteiger partial charge is 0.276 e. The second-order valence-corrected chi connectivity index (χ2v) is 11.2. The van der Waals surface area contributed by atoms with Crippen molar-refractivity contribution in [1.82, 2.24) is 4.57 Å². The van der Waals surface area contributed by atoms with Crippen LogP contribution < -0.4 is 26.4 Å². The lowest BCUT2D eigenvalue weighted by Crippen LogP contribution is -2.47. The summed E-state index contributed by atoms with van der Waals surface area (Å²) in [6.45, 7) is 16.5. The van der Waals surface area contributed by atoms with Gasteiger partial charge in [0.05, 0.1) is 5.52 Å². The van der Waals surface area contributed by atoms with Crippen LogP contribution in [0.25, 0.3) is 85.7 Å². The van der Waals surface area contributed by atoms with Crippen molar-refractivity contribution in [3.05, 3.63) is 172 Å². The summed E-state index contributed by atoms with van der Waals surface area (Å²) in [6, 6.07) is 39.2. The number of pyridine rings is 1. The molecule has 7 aromatic rings. The van der Waals surface area contributed by atoms with Crippen molar-refractivity contribution < 1.29 is 0 Å².